The molecular formula is C48H79BO. The number of benzene rings is 2. The number of hydrogen-bond donors (Lipinski definition) is 0. The van der Waals surface area contributed by atoms with Crippen LogP contribution < -0.4 is 4.74 Å². The summed E-state index contributed by atoms with van der Waals surface area (Å²) in [5.74, 6) is 7.31. The third kappa shape index (κ3) is 21.6. The van der Waals surface area contributed by atoms with Gasteiger partial charge in [-0.2, -0.15) is 0 Å². The Bertz CT molecular complexity index is 1210. The Morgan fingerprint density at radius 3 is 2.02 bits per heavy atom. The van der Waals surface area contributed by atoms with Crippen LogP contribution in [0.3, 0.4) is 0 Å². The van der Waals surface area contributed by atoms with Gasteiger partial charge < -0.3 is 4.74 Å². The quantitative estimate of drug-likeness (QED) is 0.163. The Balaban J connectivity index is 0.000000818. The van der Waals surface area contributed by atoms with E-state index in [9.17, 15) is 0 Å². The van der Waals surface area contributed by atoms with Gasteiger partial charge in [-0.05, 0) is 104 Å². The van der Waals surface area contributed by atoms with Crippen molar-refractivity contribution in [2.24, 2.45) is 5.92 Å². The molecule has 50 heavy (non-hydrogen) atoms. The molecule has 1 heterocycles. The molecule has 2 heteroatoms. The minimum atomic E-state index is 0.570. The first-order valence-electron chi connectivity index (χ1n) is 20.8. The van der Waals surface area contributed by atoms with E-state index in [4.69, 9.17) is 4.74 Å². The Morgan fingerprint density at radius 1 is 0.860 bits per heavy atom. The van der Waals surface area contributed by atoms with Crippen molar-refractivity contribution in [1.29, 1.82) is 0 Å². The van der Waals surface area contributed by atoms with Crippen LogP contribution in [0.5, 0.6) is 5.75 Å². The molecule has 0 radical (unpaired) electrons. The monoisotopic (exact) mass is 683 g/mol. The first-order valence-corrected chi connectivity index (χ1v) is 20.8. The summed E-state index contributed by atoms with van der Waals surface area (Å²) in [5.41, 5.74) is 8.84. The average Bonchev–Trinajstić information content (AvgIpc) is 3.89. The SMILES string of the molecule is C=C(C)CC.CC.CCC.CCC(CC(C)COc1ccccc1C1CC1)c1ccc2c(c1)CCC2.CCCCC.CCCc1cbccc1. The van der Waals surface area contributed by atoms with Crippen LogP contribution in [-0.4, -0.2) is 13.5 Å². The van der Waals surface area contributed by atoms with Crippen molar-refractivity contribution in [3.8, 4) is 5.75 Å². The summed E-state index contributed by atoms with van der Waals surface area (Å²) in [4.78, 5) is 0. The number of allylic oxidation sites excluding steroid dienone is 1. The molecule has 0 aliphatic heterocycles. The molecule has 2 aromatic carbocycles. The summed E-state index contributed by atoms with van der Waals surface area (Å²) in [5, 5.41) is 0. The van der Waals surface area contributed by atoms with E-state index in [0.29, 0.717) is 11.8 Å². The topological polar surface area (TPSA) is 9.23 Å². The molecule has 280 valence electrons. The van der Waals surface area contributed by atoms with E-state index < -0.39 is 0 Å². The summed E-state index contributed by atoms with van der Waals surface area (Å²) in [6, 6.07) is 20.2. The zero-order chi connectivity index (χ0) is 37.6. The molecule has 1 saturated carbocycles. The zero-order valence-corrected chi connectivity index (χ0v) is 34.9. The van der Waals surface area contributed by atoms with E-state index in [2.05, 4.69) is 135 Å². The van der Waals surface area contributed by atoms with E-state index in [1.807, 2.05) is 20.8 Å². The number of fused-ring (bicyclic) bond motifs is 1. The van der Waals surface area contributed by atoms with Crippen LogP contribution in [0, 0.1) is 5.92 Å². The van der Waals surface area contributed by atoms with Crippen molar-refractivity contribution in [3.63, 3.8) is 0 Å². The van der Waals surface area contributed by atoms with Crippen molar-refractivity contribution in [2.45, 2.75) is 178 Å². The van der Waals surface area contributed by atoms with Gasteiger partial charge in [0.05, 0.1) is 6.61 Å². The molecule has 2 aliphatic carbocycles. The average molecular weight is 683 g/mol. The Kier molecular flexibility index (Phi) is 29.5. The Morgan fingerprint density at radius 2 is 1.50 bits per heavy atom. The van der Waals surface area contributed by atoms with E-state index in [0.717, 1.165) is 24.7 Å². The summed E-state index contributed by atoms with van der Waals surface area (Å²) in [6.45, 7) is 30.3. The van der Waals surface area contributed by atoms with Crippen LogP contribution >= 0.6 is 0 Å². The van der Waals surface area contributed by atoms with Gasteiger partial charge in [-0.3, -0.25) is 0 Å². The van der Waals surface area contributed by atoms with Gasteiger partial charge in [0, 0.05) is 0 Å². The van der Waals surface area contributed by atoms with Crippen LogP contribution in [0.25, 0.3) is 0 Å². The fraction of sp³-hybridized carbons (Fsp3) is 0.604. The van der Waals surface area contributed by atoms with Crippen molar-refractivity contribution in [1.82, 2.24) is 0 Å². The van der Waals surface area contributed by atoms with Gasteiger partial charge in [0.1, 0.15) is 5.75 Å². The number of rotatable bonds is 13. The minimum absolute atomic E-state index is 0.570. The van der Waals surface area contributed by atoms with Gasteiger partial charge in [0.2, 0.25) is 0 Å². The predicted octanol–water partition coefficient (Wildman–Crippen LogP) is 15.2. The van der Waals surface area contributed by atoms with Gasteiger partial charge >= 0.3 is 56.3 Å². The third-order valence-electron chi connectivity index (χ3n) is 8.93. The summed E-state index contributed by atoms with van der Waals surface area (Å²) in [6.07, 6.45) is 17.8. The fourth-order valence-electron chi connectivity index (χ4n) is 5.80. The molecule has 3 aromatic rings. The van der Waals surface area contributed by atoms with Crippen LogP contribution in [0.4, 0.5) is 0 Å². The second kappa shape index (κ2) is 31.2. The number of para-hydroxylation sites is 1. The molecule has 0 spiro atoms. The normalized spacial score (nSPS) is 13.3. The molecule has 0 N–H and O–H groups in total. The molecule has 0 bridgehead atoms. The molecule has 2 unspecified atom stereocenters. The van der Waals surface area contributed by atoms with Crippen LogP contribution in [-0.2, 0) is 19.3 Å². The first-order chi connectivity index (χ1) is 24.3. The van der Waals surface area contributed by atoms with Crippen molar-refractivity contribution in [3.05, 3.63) is 106 Å². The van der Waals surface area contributed by atoms with Crippen molar-refractivity contribution in [2.75, 3.05) is 6.61 Å². The number of aryl methyl sites for hydroxylation is 3. The summed E-state index contributed by atoms with van der Waals surface area (Å²) in [7, 11) is 0. The molecule has 1 fully saturated rings. The van der Waals surface area contributed by atoms with E-state index in [1.165, 1.54) is 100 Å². The first kappa shape index (κ1) is 47.4. The van der Waals surface area contributed by atoms with E-state index in [-0.39, 0.29) is 0 Å². The van der Waals surface area contributed by atoms with E-state index >= 15 is 0 Å². The molecule has 0 saturated heterocycles. The van der Waals surface area contributed by atoms with Gasteiger partial charge in [0.15, 0.2) is 0 Å². The molecule has 2 atom stereocenters. The Hall–Kier alpha value is -2.61. The molecule has 1 nitrogen and oxygen atoms in total. The predicted molar refractivity (Wildman–Crippen MR) is 229 cm³/mol. The molecule has 2 aliphatic rings. The second-order valence-corrected chi connectivity index (χ2v) is 14.1. The van der Waals surface area contributed by atoms with Gasteiger partial charge in [-0.15, -0.1) is 6.58 Å². The number of ether oxygens (including phenoxy) is 1. The van der Waals surface area contributed by atoms with Gasteiger partial charge in [-0.25, -0.2) is 0 Å². The molecule has 1 aromatic heterocycles. The van der Waals surface area contributed by atoms with E-state index in [1.54, 1.807) is 16.7 Å². The Labute approximate surface area is 313 Å². The van der Waals surface area contributed by atoms with Crippen LogP contribution in [0.1, 0.15) is 186 Å². The fourth-order valence-corrected chi connectivity index (χ4v) is 5.80. The van der Waals surface area contributed by atoms with Gasteiger partial charge in [-0.1, -0.05) is 130 Å². The van der Waals surface area contributed by atoms with Crippen molar-refractivity contribution < 1.29 is 4.74 Å². The third-order valence-corrected chi connectivity index (χ3v) is 8.93. The maximum absolute atomic E-state index is 6.26. The maximum atomic E-state index is 6.26. The van der Waals surface area contributed by atoms with Crippen LogP contribution in [0.15, 0.2) is 78.7 Å². The molecular weight excluding hydrogens is 603 g/mol. The second-order valence-electron chi connectivity index (χ2n) is 14.1. The standard InChI is InChI=1S/C25H32O.C8H11B.C5H10.C5H12.C3H8.C2H6/c1-3-19(23-14-11-20-7-6-8-22(20)16-23)15-18(2)17-26-25-10-5-4-9-24(25)21-12-13-21;1-2-4-8-5-3-6-9-7-8;1-4-5(2)3;1-3-5-4-2;1-3-2;1-2/h4-5,9-11,14,16,18-19,21H,3,6-8,12-13,15,17H2,1-2H3;3,5-7H,2,4H2,1H3;2,4H2,1,3H3;3-5H2,1-2H3;3H2,1-2H3;1-2H3. The van der Waals surface area contributed by atoms with Crippen molar-refractivity contribution >= 4 is 6.91 Å². The number of hydrogen-bond acceptors (Lipinski definition) is 1. The summed E-state index contributed by atoms with van der Waals surface area (Å²) < 4.78 is 6.26. The summed E-state index contributed by atoms with van der Waals surface area (Å²) >= 11 is 0. The number of unbranched alkanes of at least 4 members (excludes halogenated alkanes) is 2. The zero-order valence-electron chi connectivity index (χ0n) is 34.9. The molecule has 0 amide bonds. The molecule has 5 rings (SSSR count). The van der Waals surface area contributed by atoms with Crippen LogP contribution in [0.2, 0.25) is 0 Å². The van der Waals surface area contributed by atoms with Gasteiger partial charge in [0.25, 0.3) is 0 Å².